The van der Waals surface area contributed by atoms with Crippen LogP contribution in [0.3, 0.4) is 0 Å². The normalized spacial score (nSPS) is 24.1. The number of hydrogen-bond acceptors (Lipinski definition) is 3. The molecular weight excluding hydrogens is 175 g/mol. The Hall–Kier alpha value is -0.780. The van der Waals surface area contributed by atoms with E-state index in [1.54, 1.807) is 0 Å². The summed E-state index contributed by atoms with van der Waals surface area (Å²) in [7, 11) is 0. The molecule has 0 spiro atoms. The second kappa shape index (κ2) is 3.30. The molecule has 1 heterocycles. The molecular formula is C6H8F3NO2. The van der Waals surface area contributed by atoms with Gasteiger partial charge >= 0.3 is 12.1 Å². The van der Waals surface area contributed by atoms with E-state index in [1.807, 2.05) is 0 Å². The Balaban J connectivity index is 2.35. The molecule has 1 aliphatic rings. The van der Waals surface area contributed by atoms with Gasteiger partial charge in [-0.2, -0.15) is 13.2 Å². The summed E-state index contributed by atoms with van der Waals surface area (Å²) in [6.07, 6.45) is -5.05. The van der Waals surface area contributed by atoms with Crippen LogP contribution in [-0.4, -0.2) is 31.3 Å². The van der Waals surface area contributed by atoms with E-state index in [2.05, 4.69) is 10.1 Å². The molecule has 0 aliphatic carbocycles. The van der Waals surface area contributed by atoms with Crippen molar-refractivity contribution in [2.24, 2.45) is 0 Å². The second-order valence-corrected chi connectivity index (χ2v) is 2.52. The first-order chi connectivity index (χ1) is 5.50. The van der Waals surface area contributed by atoms with Crippen LogP contribution < -0.4 is 5.32 Å². The van der Waals surface area contributed by atoms with Crippen molar-refractivity contribution in [3.63, 3.8) is 0 Å². The molecule has 0 aromatic rings. The quantitative estimate of drug-likeness (QED) is 0.600. The van der Waals surface area contributed by atoms with Crippen LogP contribution in [0.25, 0.3) is 0 Å². The number of halogens is 3. The minimum absolute atomic E-state index is 0.307. The lowest BCUT2D eigenvalue weighted by Crippen LogP contribution is -2.31. The summed E-state index contributed by atoms with van der Waals surface area (Å²) in [6.45, 7) is 0.900. The zero-order chi connectivity index (χ0) is 9.19. The van der Waals surface area contributed by atoms with Crippen molar-refractivity contribution >= 4 is 5.97 Å². The van der Waals surface area contributed by atoms with Crippen molar-refractivity contribution in [1.29, 1.82) is 0 Å². The molecule has 0 amide bonds. The van der Waals surface area contributed by atoms with Crippen LogP contribution in [0, 0.1) is 0 Å². The van der Waals surface area contributed by atoms with E-state index >= 15 is 0 Å². The fourth-order valence-corrected chi connectivity index (χ4v) is 0.947. The zero-order valence-electron chi connectivity index (χ0n) is 6.15. The van der Waals surface area contributed by atoms with Crippen molar-refractivity contribution in [2.75, 3.05) is 13.1 Å². The average Bonchev–Trinajstić information content (AvgIpc) is 2.37. The Kier molecular flexibility index (Phi) is 2.56. The van der Waals surface area contributed by atoms with Crippen LogP contribution in [0.15, 0.2) is 0 Å². The number of hydrogen-bond donors (Lipinski definition) is 1. The van der Waals surface area contributed by atoms with Crippen molar-refractivity contribution in [2.45, 2.75) is 18.7 Å². The molecule has 1 fully saturated rings. The van der Waals surface area contributed by atoms with Gasteiger partial charge in [0.2, 0.25) is 0 Å². The molecule has 3 nitrogen and oxygen atoms in total. The molecule has 0 aromatic carbocycles. The van der Waals surface area contributed by atoms with Gasteiger partial charge in [-0.05, 0) is 13.0 Å². The van der Waals surface area contributed by atoms with E-state index in [1.165, 1.54) is 0 Å². The van der Waals surface area contributed by atoms with Gasteiger partial charge in [-0.3, -0.25) is 0 Å². The predicted octanol–water partition coefficient (Wildman–Crippen LogP) is 0.454. The van der Waals surface area contributed by atoms with Gasteiger partial charge < -0.3 is 10.1 Å². The summed E-state index contributed by atoms with van der Waals surface area (Å²) in [6, 6.07) is 0. The monoisotopic (exact) mass is 183 g/mol. The molecule has 12 heavy (non-hydrogen) atoms. The maximum absolute atomic E-state index is 11.6. The van der Waals surface area contributed by atoms with Crippen LogP contribution in [-0.2, 0) is 9.53 Å². The minimum Gasteiger partial charge on any atom is -0.454 e. The molecule has 1 rings (SSSR count). The number of carbonyl (C=O) groups is 1. The van der Waals surface area contributed by atoms with Gasteiger partial charge in [-0.15, -0.1) is 0 Å². The van der Waals surface area contributed by atoms with Crippen LogP contribution in [0.1, 0.15) is 6.42 Å². The molecule has 1 unspecified atom stereocenters. The number of ether oxygens (including phenoxy) is 1. The SMILES string of the molecule is O=C(OC1CCNC1)C(F)(F)F. The third-order valence-corrected chi connectivity index (χ3v) is 1.52. The lowest BCUT2D eigenvalue weighted by Gasteiger charge is -2.11. The van der Waals surface area contributed by atoms with Crippen molar-refractivity contribution < 1.29 is 22.7 Å². The third kappa shape index (κ3) is 2.37. The molecule has 1 saturated heterocycles. The van der Waals surface area contributed by atoms with Gasteiger partial charge in [-0.25, -0.2) is 4.79 Å². The Bertz CT molecular complexity index is 174. The molecule has 0 bridgehead atoms. The highest BCUT2D eigenvalue weighted by Gasteiger charge is 2.42. The standard InChI is InChI=1S/C6H8F3NO2/c7-6(8,9)5(11)12-4-1-2-10-3-4/h4,10H,1-3H2. The third-order valence-electron chi connectivity index (χ3n) is 1.52. The Morgan fingerprint density at radius 3 is 2.58 bits per heavy atom. The molecule has 70 valence electrons. The van der Waals surface area contributed by atoms with Gasteiger partial charge in [0.1, 0.15) is 6.10 Å². The zero-order valence-corrected chi connectivity index (χ0v) is 6.15. The minimum atomic E-state index is -4.87. The van der Waals surface area contributed by atoms with E-state index in [9.17, 15) is 18.0 Å². The topological polar surface area (TPSA) is 38.3 Å². The van der Waals surface area contributed by atoms with E-state index < -0.39 is 18.2 Å². The van der Waals surface area contributed by atoms with Gasteiger partial charge in [0.15, 0.2) is 0 Å². The molecule has 0 saturated carbocycles. The number of carbonyl (C=O) groups excluding carboxylic acids is 1. The van der Waals surface area contributed by atoms with E-state index in [-0.39, 0.29) is 0 Å². The van der Waals surface area contributed by atoms with Crippen LogP contribution in [0.2, 0.25) is 0 Å². The summed E-state index contributed by atoms with van der Waals surface area (Å²) in [5.41, 5.74) is 0. The second-order valence-electron chi connectivity index (χ2n) is 2.52. The highest BCUT2D eigenvalue weighted by Crippen LogP contribution is 2.18. The highest BCUT2D eigenvalue weighted by molar-refractivity contribution is 5.75. The first-order valence-corrected chi connectivity index (χ1v) is 3.48. The fraction of sp³-hybridized carbons (Fsp3) is 0.833. The number of alkyl halides is 3. The van der Waals surface area contributed by atoms with Crippen molar-refractivity contribution in [3.05, 3.63) is 0 Å². The molecule has 1 N–H and O–H groups in total. The summed E-state index contributed by atoms with van der Waals surface area (Å²) in [5.74, 6) is -2.10. The Morgan fingerprint density at radius 1 is 1.50 bits per heavy atom. The fourth-order valence-electron chi connectivity index (χ4n) is 0.947. The summed E-state index contributed by atoms with van der Waals surface area (Å²) >= 11 is 0. The molecule has 6 heteroatoms. The van der Waals surface area contributed by atoms with Gasteiger partial charge in [0.05, 0.1) is 0 Å². The lowest BCUT2D eigenvalue weighted by molar-refractivity contribution is -0.204. The van der Waals surface area contributed by atoms with Crippen LogP contribution >= 0.6 is 0 Å². The molecule has 0 radical (unpaired) electrons. The lowest BCUT2D eigenvalue weighted by atomic mass is 10.3. The van der Waals surface area contributed by atoms with E-state index in [4.69, 9.17) is 0 Å². The average molecular weight is 183 g/mol. The summed E-state index contributed by atoms with van der Waals surface area (Å²) < 4.78 is 39.0. The maximum atomic E-state index is 11.6. The first kappa shape index (κ1) is 9.31. The summed E-state index contributed by atoms with van der Waals surface area (Å²) in [4.78, 5) is 10.2. The van der Waals surface area contributed by atoms with E-state index in [0.717, 1.165) is 0 Å². The predicted molar refractivity (Wildman–Crippen MR) is 33.4 cm³/mol. The Morgan fingerprint density at radius 2 is 2.17 bits per heavy atom. The van der Waals surface area contributed by atoms with Crippen molar-refractivity contribution in [1.82, 2.24) is 5.32 Å². The number of esters is 1. The largest absolute Gasteiger partial charge is 0.490 e. The van der Waals surface area contributed by atoms with Crippen LogP contribution in [0.4, 0.5) is 13.2 Å². The number of nitrogens with one attached hydrogen (secondary N) is 1. The van der Waals surface area contributed by atoms with Crippen molar-refractivity contribution in [3.8, 4) is 0 Å². The maximum Gasteiger partial charge on any atom is 0.490 e. The molecule has 1 atom stereocenters. The van der Waals surface area contributed by atoms with Gasteiger partial charge in [0.25, 0.3) is 0 Å². The van der Waals surface area contributed by atoms with Crippen LogP contribution in [0.5, 0.6) is 0 Å². The Labute approximate surface area is 66.9 Å². The first-order valence-electron chi connectivity index (χ1n) is 3.48. The summed E-state index contributed by atoms with van der Waals surface area (Å²) in [5, 5.41) is 2.78. The molecule has 0 aromatic heterocycles. The van der Waals surface area contributed by atoms with E-state index in [0.29, 0.717) is 19.5 Å². The van der Waals surface area contributed by atoms with Gasteiger partial charge in [-0.1, -0.05) is 0 Å². The number of rotatable bonds is 1. The highest BCUT2D eigenvalue weighted by atomic mass is 19.4. The molecule has 1 aliphatic heterocycles. The van der Waals surface area contributed by atoms with Gasteiger partial charge in [0, 0.05) is 6.54 Å². The smallest absolute Gasteiger partial charge is 0.454 e.